The maximum absolute atomic E-state index is 12.3. The Hall–Kier alpha value is -2.51. The van der Waals surface area contributed by atoms with E-state index in [1.807, 2.05) is 29.6 Å². The molecule has 4 rings (SSSR count). The number of amides is 1. The second-order valence-electron chi connectivity index (χ2n) is 7.81. The van der Waals surface area contributed by atoms with E-state index in [-0.39, 0.29) is 5.91 Å². The van der Waals surface area contributed by atoms with Crippen molar-refractivity contribution in [3.05, 3.63) is 41.2 Å². The number of piperazine rings is 1. The number of hydrogen-bond donors (Lipinski definition) is 2. The minimum Gasteiger partial charge on any atom is -0.356 e. The van der Waals surface area contributed by atoms with E-state index in [0.717, 1.165) is 79.2 Å². The van der Waals surface area contributed by atoms with Crippen molar-refractivity contribution >= 4 is 22.5 Å². The van der Waals surface area contributed by atoms with E-state index in [9.17, 15) is 4.79 Å². The number of hydrogen-bond acceptors (Lipinski definition) is 5. The van der Waals surface area contributed by atoms with Crippen molar-refractivity contribution in [1.82, 2.24) is 30.1 Å². The Balaban J connectivity index is 1.34. The molecule has 1 amide bonds. The largest absolute Gasteiger partial charge is 0.356 e. The number of nitrogens with one attached hydrogen (secondary N) is 2. The molecule has 0 aliphatic carbocycles. The van der Waals surface area contributed by atoms with Gasteiger partial charge in [-0.2, -0.15) is 5.10 Å². The standard InChI is InChI=1S/C22H30N6O/c1-16-18(8-9-21(29)24-10-5-13-27-14-11-23-12-15-27)17(2)28-22(25-16)19-6-3-4-7-20(19)26-28/h3-4,6-7,23H,5,8-15H2,1-2H3,(H,24,29). The maximum atomic E-state index is 12.3. The molecule has 1 aliphatic heterocycles. The molecule has 154 valence electrons. The van der Waals surface area contributed by atoms with Gasteiger partial charge in [-0.1, -0.05) is 12.1 Å². The molecule has 1 fully saturated rings. The SMILES string of the molecule is Cc1nc2c3ccccc3nn2c(C)c1CCC(=O)NCCCN1CCNCC1. The summed E-state index contributed by atoms with van der Waals surface area (Å²) in [5.74, 6) is 0.106. The lowest BCUT2D eigenvalue weighted by molar-refractivity contribution is -0.121. The molecule has 1 saturated heterocycles. The second-order valence-corrected chi connectivity index (χ2v) is 7.81. The highest BCUT2D eigenvalue weighted by atomic mass is 16.1. The van der Waals surface area contributed by atoms with E-state index >= 15 is 0 Å². The first-order valence-corrected chi connectivity index (χ1v) is 10.6. The lowest BCUT2D eigenvalue weighted by Gasteiger charge is -2.27. The van der Waals surface area contributed by atoms with E-state index in [1.54, 1.807) is 0 Å². The first-order valence-electron chi connectivity index (χ1n) is 10.6. The van der Waals surface area contributed by atoms with Crippen molar-refractivity contribution in [2.45, 2.75) is 33.1 Å². The highest BCUT2D eigenvalue weighted by Gasteiger charge is 2.15. The van der Waals surface area contributed by atoms with Crippen LogP contribution >= 0.6 is 0 Å². The molecule has 0 bridgehead atoms. The molecule has 0 unspecified atom stereocenters. The summed E-state index contributed by atoms with van der Waals surface area (Å²) in [5.41, 5.74) is 4.99. The van der Waals surface area contributed by atoms with Crippen LogP contribution in [0.1, 0.15) is 29.8 Å². The number of aryl methyl sites for hydroxylation is 2. The summed E-state index contributed by atoms with van der Waals surface area (Å²) in [7, 11) is 0. The van der Waals surface area contributed by atoms with Crippen molar-refractivity contribution in [3.8, 4) is 0 Å². The van der Waals surface area contributed by atoms with Gasteiger partial charge >= 0.3 is 0 Å². The van der Waals surface area contributed by atoms with Gasteiger partial charge in [-0.3, -0.25) is 4.79 Å². The van der Waals surface area contributed by atoms with Gasteiger partial charge in [0.25, 0.3) is 0 Å². The molecule has 0 radical (unpaired) electrons. The molecule has 1 aromatic carbocycles. The molecule has 2 N–H and O–H groups in total. The predicted octanol–water partition coefficient (Wildman–Crippen LogP) is 1.84. The summed E-state index contributed by atoms with van der Waals surface area (Å²) in [5, 5.41) is 12.2. The molecule has 1 aliphatic rings. The number of nitrogens with zero attached hydrogens (tertiary/aromatic N) is 4. The highest BCUT2D eigenvalue weighted by Crippen LogP contribution is 2.22. The lowest BCUT2D eigenvalue weighted by atomic mass is 10.1. The summed E-state index contributed by atoms with van der Waals surface area (Å²) in [4.78, 5) is 19.6. The monoisotopic (exact) mass is 394 g/mol. The summed E-state index contributed by atoms with van der Waals surface area (Å²) in [6.45, 7) is 10.2. The van der Waals surface area contributed by atoms with Crippen LogP contribution in [-0.2, 0) is 11.2 Å². The van der Waals surface area contributed by atoms with Gasteiger partial charge in [-0.05, 0) is 50.9 Å². The van der Waals surface area contributed by atoms with Crippen LogP contribution in [-0.4, -0.2) is 64.7 Å². The van der Waals surface area contributed by atoms with Crippen LogP contribution in [0, 0.1) is 13.8 Å². The van der Waals surface area contributed by atoms with Crippen molar-refractivity contribution < 1.29 is 4.79 Å². The Morgan fingerprint density at radius 2 is 2.00 bits per heavy atom. The topological polar surface area (TPSA) is 74.6 Å². The smallest absolute Gasteiger partial charge is 0.220 e. The molecule has 7 heteroatoms. The molecule has 0 spiro atoms. The fourth-order valence-electron chi connectivity index (χ4n) is 4.13. The van der Waals surface area contributed by atoms with E-state index < -0.39 is 0 Å². The summed E-state index contributed by atoms with van der Waals surface area (Å²) < 4.78 is 1.92. The van der Waals surface area contributed by atoms with Crippen LogP contribution in [0.4, 0.5) is 0 Å². The molecule has 0 atom stereocenters. The van der Waals surface area contributed by atoms with Gasteiger partial charge in [0, 0.05) is 55.9 Å². The number of benzene rings is 1. The van der Waals surface area contributed by atoms with Gasteiger partial charge in [0.05, 0.1) is 5.52 Å². The van der Waals surface area contributed by atoms with E-state index in [0.29, 0.717) is 12.8 Å². The first-order chi connectivity index (χ1) is 14.1. The van der Waals surface area contributed by atoms with Gasteiger partial charge in [0.15, 0.2) is 5.65 Å². The molecular formula is C22H30N6O. The van der Waals surface area contributed by atoms with Gasteiger partial charge in [-0.25, -0.2) is 9.50 Å². The molecule has 2 aromatic heterocycles. The maximum Gasteiger partial charge on any atom is 0.220 e. The summed E-state index contributed by atoms with van der Waals surface area (Å²) >= 11 is 0. The number of rotatable bonds is 7. The van der Waals surface area contributed by atoms with Crippen LogP contribution in [0.25, 0.3) is 16.6 Å². The first kappa shape index (κ1) is 19.8. The fourth-order valence-corrected chi connectivity index (χ4v) is 4.13. The average molecular weight is 395 g/mol. The van der Waals surface area contributed by atoms with Crippen LogP contribution in [0.3, 0.4) is 0 Å². The third-order valence-electron chi connectivity index (χ3n) is 5.80. The number of carbonyl (C=O) groups is 1. The Morgan fingerprint density at radius 1 is 1.21 bits per heavy atom. The van der Waals surface area contributed by atoms with Crippen molar-refractivity contribution in [2.24, 2.45) is 0 Å². The van der Waals surface area contributed by atoms with Gasteiger partial charge in [0.2, 0.25) is 5.91 Å². The molecule has 0 saturated carbocycles. The molecule has 29 heavy (non-hydrogen) atoms. The molecule has 3 aromatic rings. The summed E-state index contributed by atoms with van der Waals surface area (Å²) in [6.07, 6.45) is 2.15. The van der Waals surface area contributed by atoms with Crippen molar-refractivity contribution in [1.29, 1.82) is 0 Å². The normalized spacial score (nSPS) is 15.2. The van der Waals surface area contributed by atoms with Crippen LogP contribution in [0.15, 0.2) is 24.3 Å². The Morgan fingerprint density at radius 3 is 2.83 bits per heavy atom. The zero-order chi connectivity index (χ0) is 20.2. The quantitative estimate of drug-likeness (QED) is 0.598. The Kier molecular flexibility index (Phi) is 6.06. The van der Waals surface area contributed by atoms with Gasteiger partial charge < -0.3 is 15.5 Å². The zero-order valence-corrected chi connectivity index (χ0v) is 17.4. The average Bonchev–Trinajstić information content (AvgIpc) is 3.11. The van der Waals surface area contributed by atoms with Crippen molar-refractivity contribution in [3.63, 3.8) is 0 Å². The van der Waals surface area contributed by atoms with Gasteiger partial charge in [-0.15, -0.1) is 0 Å². The number of fused-ring (bicyclic) bond motifs is 3. The third-order valence-corrected chi connectivity index (χ3v) is 5.80. The van der Waals surface area contributed by atoms with Crippen molar-refractivity contribution in [2.75, 3.05) is 39.3 Å². The van der Waals surface area contributed by atoms with Crippen LogP contribution < -0.4 is 10.6 Å². The Labute approximate surface area is 171 Å². The van der Waals surface area contributed by atoms with Crippen LogP contribution in [0.2, 0.25) is 0 Å². The van der Waals surface area contributed by atoms with E-state index in [2.05, 4.69) is 28.5 Å². The summed E-state index contributed by atoms with van der Waals surface area (Å²) in [6, 6.07) is 8.06. The number of carbonyl (C=O) groups excluding carboxylic acids is 1. The fraction of sp³-hybridized carbons (Fsp3) is 0.500. The molecule has 3 heterocycles. The van der Waals surface area contributed by atoms with Crippen LogP contribution in [0.5, 0.6) is 0 Å². The molecular weight excluding hydrogens is 364 g/mol. The van der Waals surface area contributed by atoms with Gasteiger partial charge in [0.1, 0.15) is 0 Å². The zero-order valence-electron chi connectivity index (χ0n) is 17.4. The highest BCUT2D eigenvalue weighted by molar-refractivity contribution is 5.92. The second kappa shape index (κ2) is 8.88. The van der Waals surface area contributed by atoms with E-state index in [1.165, 1.54) is 0 Å². The Bertz CT molecular complexity index is 1010. The minimum absolute atomic E-state index is 0.106. The number of aromatic nitrogens is 3. The third kappa shape index (κ3) is 4.41. The predicted molar refractivity (Wildman–Crippen MR) is 115 cm³/mol. The molecule has 7 nitrogen and oxygen atoms in total. The minimum atomic E-state index is 0.106. The van der Waals surface area contributed by atoms with E-state index in [4.69, 9.17) is 10.1 Å². The lowest BCUT2D eigenvalue weighted by Crippen LogP contribution is -2.44.